The Bertz CT molecular complexity index is 923. The van der Waals surface area contributed by atoms with Crippen molar-refractivity contribution in [3.05, 3.63) is 84.9 Å². The van der Waals surface area contributed by atoms with Gasteiger partial charge < -0.3 is 19.9 Å². The van der Waals surface area contributed by atoms with E-state index in [1.165, 1.54) is 5.69 Å². The lowest BCUT2D eigenvalue weighted by Crippen LogP contribution is -2.50. The largest absolute Gasteiger partial charge is 0.455 e. The summed E-state index contributed by atoms with van der Waals surface area (Å²) in [5.41, 5.74) is 2.03. The average Bonchev–Trinajstić information content (AvgIpc) is 2.80. The first-order valence-corrected chi connectivity index (χ1v) is 9.93. The van der Waals surface area contributed by atoms with Crippen LogP contribution in [0.5, 0.6) is 11.5 Å². The Hall–Kier alpha value is -3.47. The fourth-order valence-corrected chi connectivity index (χ4v) is 3.45. The van der Waals surface area contributed by atoms with Crippen LogP contribution in [0.1, 0.15) is 0 Å². The van der Waals surface area contributed by atoms with Crippen LogP contribution in [-0.4, -0.2) is 43.5 Å². The first kappa shape index (κ1) is 18.9. The molecule has 4 rings (SSSR count). The van der Waals surface area contributed by atoms with E-state index in [2.05, 4.69) is 22.3 Å². The maximum absolute atomic E-state index is 12.7. The van der Waals surface area contributed by atoms with Gasteiger partial charge in [0.1, 0.15) is 5.75 Å². The lowest BCUT2D eigenvalue weighted by Gasteiger charge is -2.36. The molecule has 0 saturated carbocycles. The van der Waals surface area contributed by atoms with Gasteiger partial charge in [0.2, 0.25) is 5.91 Å². The minimum absolute atomic E-state index is 0.104. The molecule has 0 unspecified atom stereocenters. The molecule has 1 fully saturated rings. The molecular formula is C24H25N3O2. The van der Waals surface area contributed by atoms with E-state index in [9.17, 15) is 4.79 Å². The van der Waals surface area contributed by atoms with Crippen molar-refractivity contribution in [1.82, 2.24) is 4.90 Å². The summed E-state index contributed by atoms with van der Waals surface area (Å²) in [4.78, 5) is 16.9. The normalized spacial score (nSPS) is 13.8. The smallest absolute Gasteiger partial charge is 0.241 e. The lowest BCUT2D eigenvalue weighted by atomic mass is 10.2. The van der Waals surface area contributed by atoms with Gasteiger partial charge in [0.25, 0.3) is 0 Å². The van der Waals surface area contributed by atoms with Crippen molar-refractivity contribution in [1.29, 1.82) is 0 Å². The molecule has 3 aromatic carbocycles. The van der Waals surface area contributed by atoms with Crippen LogP contribution >= 0.6 is 0 Å². The zero-order valence-corrected chi connectivity index (χ0v) is 16.3. The number of ether oxygens (including phenoxy) is 1. The molecule has 1 heterocycles. The molecule has 0 aliphatic carbocycles. The average molecular weight is 387 g/mol. The van der Waals surface area contributed by atoms with E-state index < -0.39 is 0 Å². The number of nitrogens with zero attached hydrogens (tertiary/aromatic N) is 2. The standard InChI is InChI=1S/C24H25N3O2/c28-24(27-17-15-26(16-18-27)20-9-3-1-4-10-20)19-25-22-13-7-8-14-23(22)29-21-11-5-2-6-12-21/h1-14,25H,15-19H2. The highest BCUT2D eigenvalue weighted by Crippen LogP contribution is 2.29. The molecule has 0 atom stereocenters. The van der Waals surface area contributed by atoms with Gasteiger partial charge in [-0.15, -0.1) is 0 Å². The van der Waals surface area contributed by atoms with Gasteiger partial charge in [-0.05, 0) is 36.4 Å². The van der Waals surface area contributed by atoms with Crippen molar-refractivity contribution in [2.45, 2.75) is 0 Å². The lowest BCUT2D eigenvalue weighted by molar-refractivity contribution is -0.129. The first-order valence-electron chi connectivity index (χ1n) is 9.93. The second kappa shape index (κ2) is 9.15. The second-order valence-corrected chi connectivity index (χ2v) is 6.97. The van der Waals surface area contributed by atoms with Gasteiger partial charge in [-0.1, -0.05) is 48.5 Å². The van der Waals surface area contributed by atoms with Crippen molar-refractivity contribution in [3.8, 4) is 11.5 Å². The molecule has 1 aliphatic heterocycles. The third kappa shape index (κ3) is 4.88. The Morgan fingerprint density at radius 1 is 0.793 bits per heavy atom. The van der Waals surface area contributed by atoms with E-state index in [1.807, 2.05) is 77.7 Å². The van der Waals surface area contributed by atoms with Gasteiger partial charge in [0.05, 0.1) is 12.2 Å². The van der Waals surface area contributed by atoms with Crippen molar-refractivity contribution >= 4 is 17.3 Å². The number of rotatable bonds is 6. The predicted molar refractivity (Wildman–Crippen MR) is 117 cm³/mol. The summed E-state index contributed by atoms with van der Waals surface area (Å²) in [6, 6.07) is 27.7. The summed E-state index contributed by atoms with van der Waals surface area (Å²) in [6.07, 6.45) is 0. The molecule has 1 N–H and O–H groups in total. The highest BCUT2D eigenvalue weighted by atomic mass is 16.5. The van der Waals surface area contributed by atoms with E-state index in [4.69, 9.17) is 4.74 Å². The summed E-state index contributed by atoms with van der Waals surface area (Å²) in [5, 5.41) is 3.24. The highest BCUT2D eigenvalue weighted by Gasteiger charge is 2.21. The van der Waals surface area contributed by atoms with E-state index >= 15 is 0 Å². The molecule has 5 nitrogen and oxygen atoms in total. The van der Waals surface area contributed by atoms with Crippen molar-refractivity contribution in [2.75, 3.05) is 42.9 Å². The fraction of sp³-hybridized carbons (Fsp3) is 0.208. The Kier molecular flexibility index (Phi) is 5.95. The minimum atomic E-state index is 0.104. The number of benzene rings is 3. The number of hydrogen-bond acceptors (Lipinski definition) is 4. The molecule has 1 amide bonds. The fourth-order valence-electron chi connectivity index (χ4n) is 3.45. The maximum Gasteiger partial charge on any atom is 0.241 e. The number of para-hydroxylation sites is 4. The molecule has 1 saturated heterocycles. The molecule has 5 heteroatoms. The molecule has 3 aromatic rings. The minimum Gasteiger partial charge on any atom is -0.455 e. The van der Waals surface area contributed by atoms with Crippen molar-refractivity contribution in [2.24, 2.45) is 0 Å². The quantitative estimate of drug-likeness (QED) is 0.687. The van der Waals surface area contributed by atoms with Crippen LogP contribution in [0.2, 0.25) is 0 Å². The maximum atomic E-state index is 12.7. The number of hydrogen-bond donors (Lipinski definition) is 1. The zero-order chi connectivity index (χ0) is 19.9. The Morgan fingerprint density at radius 2 is 1.41 bits per heavy atom. The number of nitrogens with one attached hydrogen (secondary N) is 1. The zero-order valence-electron chi connectivity index (χ0n) is 16.3. The Labute approximate surface area is 171 Å². The molecule has 29 heavy (non-hydrogen) atoms. The van der Waals surface area contributed by atoms with E-state index in [1.54, 1.807) is 0 Å². The molecule has 0 radical (unpaired) electrons. The van der Waals surface area contributed by atoms with Crippen molar-refractivity contribution in [3.63, 3.8) is 0 Å². The third-order valence-corrected chi connectivity index (χ3v) is 5.04. The van der Waals surface area contributed by atoms with Crippen LogP contribution in [-0.2, 0) is 4.79 Å². The molecule has 0 spiro atoms. The van der Waals surface area contributed by atoms with Gasteiger partial charge in [-0.2, -0.15) is 0 Å². The summed E-state index contributed by atoms with van der Waals surface area (Å²) in [6.45, 7) is 3.42. The summed E-state index contributed by atoms with van der Waals surface area (Å²) >= 11 is 0. The number of carbonyl (C=O) groups excluding carboxylic acids is 1. The Balaban J connectivity index is 1.31. The van der Waals surface area contributed by atoms with Gasteiger partial charge in [-0.25, -0.2) is 0 Å². The van der Waals surface area contributed by atoms with Crippen LogP contribution < -0.4 is 15.0 Å². The van der Waals surface area contributed by atoms with Gasteiger partial charge in [0, 0.05) is 31.9 Å². The number of amides is 1. The van der Waals surface area contributed by atoms with Gasteiger partial charge in [-0.3, -0.25) is 4.79 Å². The van der Waals surface area contributed by atoms with E-state index in [0.29, 0.717) is 5.75 Å². The molecule has 1 aliphatic rings. The molecule has 0 aromatic heterocycles. The van der Waals surface area contributed by atoms with Gasteiger partial charge in [0.15, 0.2) is 5.75 Å². The third-order valence-electron chi connectivity index (χ3n) is 5.04. The Morgan fingerprint density at radius 3 is 2.14 bits per heavy atom. The van der Waals surface area contributed by atoms with Crippen LogP contribution in [0.25, 0.3) is 0 Å². The first-order chi connectivity index (χ1) is 14.3. The number of anilines is 2. The molecule has 148 valence electrons. The number of piperazine rings is 1. The van der Waals surface area contributed by atoms with E-state index in [-0.39, 0.29) is 12.5 Å². The molecule has 0 bridgehead atoms. The van der Waals surface area contributed by atoms with Gasteiger partial charge >= 0.3 is 0 Å². The van der Waals surface area contributed by atoms with Crippen LogP contribution in [0.4, 0.5) is 11.4 Å². The topological polar surface area (TPSA) is 44.8 Å². The SMILES string of the molecule is O=C(CNc1ccccc1Oc1ccccc1)N1CCN(c2ccccc2)CC1. The predicted octanol–water partition coefficient (Wildman–Crippen LogP) is 4.24. The monoisotopic (exact) mass is 387 g/mol. The second-order valence-electron chi connectivity index (χ2n) is 6.97. The van der Waals surface area contributed by atoms with Crippen molar-refractivity contribution < 1.29 is 9.53 Å². The number of carbonyl (C=O) groups is 1. The van der Waals surface area contributed by atoms with Crippen LogP contribution in [0.15, 0.2) is 84.9 Å². The summed E-state index contributed by atoms with van der Waals surface area (Å²) in [5.74, 6) is 1.58. The van der Waals surface area contributed by atoms with Crippen LogP contribution in [0.3, 0.4) is 0 Å². The summed E-state index contributed by atoms with van der Waals surface area (Å²) < 4.78 is 5.96. The molecular weight excluding hydrogens is 362 g/mol. The van der Waals surface area contributed by atoms with E-state index in [0.717, 1.165) is 37.6 Å². The summed E-state index contributed by atoms with van der Waals surface area (Å²) in [7, 11) is 0. The van der Waals surface area contributed by atoms with Crippen LogP contribution in [0, 0.1) is 0 Å². The highest BCUT2D eigenvalue weighted by molar-refractivity contribution is 5.81.